The van der Waals surface area contributed by atoms with Crippen LogP contribution in [0.1, 0.15) is 24.4 Å². The van der Waals surface area contributed by atoms with E-state index in [4.69, 9.17) is 5.11 Å². The van der Waals surface area contributed by atoms with Crippen LogP contribution in [0.3, 0.4) is 0 Å². The molecule has 2 rings (SSSR count). The number of rotatable bonds is 1. The minimum absolute atomic E-state index is 0.112. The normalized spacial score (nSPS) is 22.1. The van der Waals surface area contributed by atoms with E-state index in [-0.39, 0.29) is 11.7 Å². The van der Waals surface area contributed by atoms with Crippen molar-refractivity contribution in [1.82, 2.24) is 9.97 Å². The standard InChI is InChI=1S/C12H9F3N2O2/c13-12(14,15)9-3-4-16-10(17-9)2-1-7-5-8(6-7)11(18)19/h3-4,7-8H,5-6H2,(H,18,19). The maximum Gasteiger partial charge on any atom is 0.433 e. The molecule has 0 spiro atoms. The van der Waals surface area contributed by atoms with E-state index in [1.165, 1.54) is 0 Å². The Kier molecular flexibility index (Phi) is 3.42. The third-order valence-corrected chi connectivity index (χ3v) is 2.82. The summed E-state index contributed by atoms with van der Waals surface area (Å²) < 4.78 is 37.1. The maximum atomic E-state index is 12.4. The summed E-state index contributed by atoms with van der Waals surface area (Å²) in [4.78, 5) is 17.5. The lowest BCUT2D eigenvalue weighted by Gasteiger charge is -2.27. The van der Waals surface area contributed by atoms with Crippen LogP contribution in [0.4, 0.5) is 13.2 Å². The van der Waals surface area contributed by atoms with E-state index in [1.807, 2.05) is 0 Å². The summed E-state index contributed by atoms with van der Waals surface area (Å²) in [5.74, 6) is 3.57. The highest BCUT2D eigenvalue weighted by Crippen LogP contribution is 2.33. The summed E-state index contributed by atoms with van der Waals surface area (Å²) in [7, 11) is 0. The van der Waals surface area contributed by atoms with E-state index in [1.54, 1.807) is 0 Å². The summed E-state index contributed by atoms with van der Waals surface area (Å²) in [5.41, 5.74) is -1.04. The molecule has 1 saturated carbocycles. The average molecular weight is 270 g/mol. The van der Waals surface area contributed by atoms with Crippen LogP contribution in [0.25, 0.3) is 0 Å². The highest BCUT2D eigenvalue weighted by atomic mass is 19.4. The molecule has 1 aliphatic carbocycles. The minimum atomic E-state index is -4.52. The lowest BCUT2D eigenvalue weighted by atomic mass is 9.75. The molecule has 0 radical (unpaired) electrons. The van der Waals surface area contributed by atoms with Crippen molar-refractivity contribution in [2.24, 2.45) is 11.8 Å². The van der Waals surface area contributed by atoms with Gasteiger partial charge in [0.15, 0.2) is 0 Å². The van der Waals surface area contributed by atoms with Crippen molar-refractivity contribution in [3.05, 3.63) is 23.8 Å². The van der Waals surface area contributed by atoms with Crippen LogP contribution in [0.5, 0.6) is 0 Å². The van der Waals surface area contributed by atoms with Crippen molar-refractivity contribution in [2.45, 2.75) is 19.0 Å². The molecule has 100 valence electrons. The Balaban J connectivity index is 2.04. The Morgan fingerprint density at radius 2 is 2.11 bits per heavy atom. The number of carbonyl (C=O) groups is 1. The number of alkyl halides is 3. The van der Waals surface area contributed by atoms with Crippen molar-refractivity contribution in [3.8, 4) is 11.8 Å². The summed E-state index contributed by atoms with van der Waals surface area (Å²) in [6.45, 7) is 0. The maximum absolute atomic E-state index is 12.4. The van der Waals surface area contributed by atoms with Gasteiger partial charge in [-0.3, -0.25) is 4.79 Å². The number of hydrogen-bond acceptors (Lipinski definition) is 3. The van der Waals surface area contributed by atoms with E-state index < -0.39 is 23.8 Å². The van der Waals surface area contributed by atoms with Crippen molar-refractivity contribution < 1.29 is 23.1 Å². The zero-order valence-corrected chi connectivity index (χ0v) is 9.61. The fourth-order valence-electron chi connectivity index (χ4n) is 1.68. The van der Waals surface area contributed by atoms with Gasteiger partial charge < -0.3 is 5.11 Å². The molecule has 1 aliphatic rings. The van der Waals surface area contributed by atoms with Gasteiger partial charge in [0.2, 0.25) is 5.82 Å². The lowest BCUT2D eigenvalue weighted by Crippen LogP contribution is -2.29. The molecule has 0 unspecified atom stereocenters. The second kappa shape index (κ2) is 4.88. The van der Waals surface area contributed by atoms with Crippen LogP contribution in [0.15, 0.2) is 12.3 Å². The van der Waals surface area contributed by atoms with Crippen molar-refractivity contribution in [3.63, 3.8) is 0 Å². The molecule has 0 aliphatic heterocycles. The number of carboxylic acid groups (broad SMARTS) is 1. The first-order valence-electron chi connectivity index (χ1n) is 5.51. The number of aliphatic carboxylic acids is 1. The van der Waals surface area contributed by atoms with Gasteiger partial charge in [-0.25, -0.2) is 9.97 Å². The van der Waals surface area contributed by atoms with E-state index >= 15 is 0 Å². The molecule has 0 amide bonds. The molecule has 1 N–H and O–H groups in total. The zero-order chi connectivity index (χ0) is 14.0. The Bertz CT molecular complexity index is 554. The Labute approximate surface area is 106 Å². The predicted molar refractivity (Wildman–Crippen MR) is 57.8 cm³/mol. The van der Waals surface area contributed by atoms with Gasteiger partial charge in [-0.05, 0) is 24.8 Å². The monoisotopic (exact) mass is 270 g/mol. The molecule has 4 nitrogen and oxygen atoms in total. The molecule has 1 fully saturated rings. The van der Waals surface area contributed by atoms with Crippen LogP contribution >= 0.6 is 0 Å². The Morgan fingerprint density at radius 3 is 2.68 bits per heavy atom. The molecule has 0 saturated heterocycles. The van der Waals surface area contributed by atoms with Gasteiger partial charge in [0, 0.05) is 12.1 Å². The Hall–Kier alpha value is -2.10. The van der Waals surface area contributed by atoms with Crippen LogP contribution < -0.4 is 0 Å². The topological polar surface area (TPSA) is 63.1 Å². The van der Waals surface area contributed by atoms with Gasteiger partial charge >= 0.3 is 12.1 Å². The van der Waals surface area contributed by atoms with Gasteiger partial charge in [0.1, 0.15) is 5.69 Å². The predicted octanol–water partition coefficient (Wildman–Crippen LogP) is 1.96. The summed E-state index contributed by atoms with van der Waals surface area (Å²) in [6.07, 6.45) is -2.69. The van der Waals surface area contributed by atoms with Crippen LogP contribution in [0.2, 0.25) is 0 Å². The summed E-state index contributed by atoms with van der Waals surface area (Å²) >= 11 is 0. The number of nitrogens with zero attached hydrogens (tertiary/aromatic N) is 2. The SMILES string of the molecule is O=C(O)C1CC(C#Cc2nccc(C(F)(F)F)n2)C1. The van der Waals surface area contributed by atoms with Gasteiger partial charge in [-0.1, -0.05) is 5.92 Å². The third kappa shape index (κ3) is 3.22. The highest BCUT2D eigenvalue weighted by Gasteiger charge is 2.34. The quantitative estimate of drug-likeness (QED) is 0.792. The van der Waals surface area contributed by atoms with Crippen molar-refractivity contribution in [2.75, 3.05) is 0 Å². The van der Waals surface area contributed by atoms with E-state index in [0.717, 1.165) is 12.3 Å². The van der Waals surface area contributed by atoms with Crippen LogP contribution in [-0.2, 0) is 11.0 Å². The van der Waals surface area contributed by atoms with Gasteiger partial charge in [-0.15, -0.1) is 0 Å². The summed E-state index contributed by atoms with van der Waals surface area (Å²) in [6, 6.07) is 0.773. The van der Waals surface area contributed by atoms with E-state index in [0.29, 0.717) is 12.8 Å². The summed E-state index contributed by atoms with van der Waals surface area (Å²) in [5, 5.41) is 8.66. The third-order valence-electron chi connectivity index (χ3n) is 2.82. The zero-order valence-electron chi connectivity index (χ0n) is 9.61. The minimum Gasteiger partial charge on any atom is -0.481 e. The number of hydrogen-bond donors (Lipinski definition) is 1. The molecular formula is C12H9F3N2O2. The van der Waals surface area contributed by atoms with Crippen LogP contribution in [-0.4, -0.2) is 21.0 Å². The first kappa shape index (κ1) is 13.3. The first-order valence-corrected chi connectivity index (χ1v) is 5.51. The molecule has 1 heterocycles. The van der Waals surface area contributed by atoms with Crippen LogP contribution in [0, 0.1) is 23.7 Å². The van der Waals surface area contributed by atoms with Gasteiger partial charge in [0.25, 0.3) is 0 Å². The fraction of sp³-hybridized carbons (Fsp3) is 0.417. The van der Waals surface area contributed by atoms with Crippen molar-refractivity contribution >= 4 is 5.97 Å². The van der Waals surface area contributed by atoms with Gasteiger partial charge in [-0.2, -0.15) is 13.2 Å². The second-order valence-electron chi connectivity index (χ2n) is 4.24. The number of aromatic nitrogens is 2. The first-order chi connectivity index (χ1) is 8.86. The van der Waals surface area contributed by atoms with E-state index in [2.05, 4.69) is 21.8 Å². The molecule has 0 atom stereocenters. The molecule has 1 aromatic heterocycles. The molecular weight excluding hydrogens is 261 g/mol. The molecule has 0 aromatic carbocycles. The largest absolute Gasteiger partial charge is 0.481 e. The Morgan fingerprint density at radius 1 is 1.42 bits per heavy atom. The molecule has 7 heteroatoms. The molecule has 1 aromatic rings. The number of halogens is 3. The molecule has 19 heavy (non-hydrogen) atoms. The molecule has 0 bridgehead atoms. The average Bonchev–Trinajstić information content (AvgIpc) is 2.25. The number of carboxylic acids is 1. The smallest absolute Gasteiger partial charge is 0.433 e. The highest BCUT2D eigenvalue weighted by molar-refractivity contribution is 5.71. The van der Waals surface area contributed by atoms with Gasteiger partial charge in [0.05, 0.1) is 5.92 Å². The van der Waals surface area contributed by atoms with E-state index in [9.17, 15) is 18.0 Å². The van der Waals surface area contributed by atoms with Crippen molar-refractivity contribution in [1.29, 1.82) is 0 Å². The lowest BCUT2D eigenvalue weighted by molar-refractivity contribution is -0.145. The second-order valence-corrected chi connectivity index (χ2v) is 4.24. The fourth-order valence-corrected chi connectivity index (χ4v) is 1.68.